The van der Waals surface area contributed by atoms with Gasteiger partial charge in [-0.1, -0.05) is 18.2 Å². The van der Waals surface area contributed by atoms with Gasteiger partial charge in [0.25, 0.3) is 5.91 Å². The fourth-order valence-electron chi connectivity index (χ4n) is 3.34. The Bertz CT molecular complexity index is 933. The fourth-order valence-corrected chi connectivity index (χ4v) is 4.26. The van der Waals surface area contributed by atoms with Crippen molar-refractivity contribution in [1.29, 1.82) is 0 Å². The van der Waals surface area contributed by atoms with E-state index in [1.165, 1.54) is 12.1 Å². The maximum atomic E-state index is 13.1. The highest BCUT2D eigenvalue weighted by Crippen LogP contribution is 2.32. The maximum absolute atomic E-state index is 13.1. The summed E-state index contributed by atoms with van der Waals surface area (Å²) in [5.74, 6) is 0.522. The number of hydrogen-bond donors (Lipinski definition) is 2. The van der Waals surface area contributed by atoms with Crippen molar-refractivity contribution in [2.75, 3.05) is 13.1 Å². The zero-order valence-corrected chi connectivity index (χ0v) is 15.7. The van der Waals surface area contributed by atoms with E-state index in [2.05, 4.69) is 10.6 Å². The number of thioether (sulfide) groups is 1. The predicted molar refractivity (Wildman–Crippen MR) is 106 cm³/mol. The third-order valence-corrected chi connectivity index (χ3v) is 5.77. The molecule has 6 heteroatoms. The normalized spacial score (nSPS) is 17.1. The Labute approximate surface area is 161 Å². The SMILES string of the molecule is O=C(NC1CCCNC1)c1oc2ccccc2c1CSc1ccc(F)cc1. The van der Waals surface area contributed by atoms with Crippen LogP contribution in [0.1, 0.15) is 29.0 Å². The molecule has 0 bridgehead atoms. The highest BCUT2D eigenvalue weighted by molar-refractivity contribution is 7.98. The van der Waals surface area contributed by atoms with E-state index in [1.54, 1.807) is 23.9 Å². The van der Waals surface area contributed by atoms with Crippen molar-refractivity contribution in [3.8, 4) is 0 Å². The van der Waals surface area contributed by atoms with E-state index in [0.717, 1.165) is 41.8 Å². The zero-order chi connectivity index (χ0) is 18.6. The fraction of sp³-hybridized carbons (Fsp3) is 0.286. The number of piperidine rings is 1. The first-order valence-corrected chi connectivity index (χ1v) is 10.1. The number of carbonyl (C=O) groups is 1. The minimum absolute atomic E-state index is 0.122. The monoisotopic (exact) mass is 384 g/mol. The van der Waals surface area contributed by atoms with Gasteiger partial charge in [-0.3, -0.25) is 4.79 Å². The second-order valence-corrected chi connectivity index (χ2v) is 7.71. The van der Waals surface area contributed by atoms with Gasteiger partial charge in [-0.2, -0.15) is 0 Å². The maximum Gasteiger partial charge on any atom is 0.287 e. The summed E-state index contributed by atoms with van der Waals surface area (Å²) in [7, 11) is 0. The summed E-state index contributed by atoms with van der Waals surface area (Å²) in [6.07, 6.45) is 2.02. The van der Waals surface area contributed by atoms with Gasteiger partial charge in [0.1, 0.15) is 11.4 Å². The summed E-state index contributed by atoms with van der Waals surface area (Å²) < 4.78 is 19.0. The van der Waals surface area contributed by atoms with Crippen molar-refractivity contribution in [1.82, 2.24) is 10.6 Å². The first-order valence-electron chi connectivity index (χ1n) is 9.11. The van der Waals surface area contributed by atoms with Crippen LogP contribution in [0.25, 0.3) is 11.0 Å². The molecule has 1 saturated heterocycles. The topological polar surface area (TPSA) is 54.3 Å². The molecule has 0 saturated carbocycles. The molecule has 3 aromatic rings. The molecule has 1 amide bonds. The van der Waals surface area contributed by atoms with Crippen LogP contribution in [0, 0.1) is 5.82 Å². The molecule has 1 atom stereocenters. The molecule has 0 radical (unpaired) electrons. The van der Waals surface area contributed by atoms with Gasteiger partial charge < -0.3 is 15.1 Å². The van der Waals surface area contributed by atoms with E-state index in [-0.39, 0.29) is 17.8 Å². The third-order valence-electron chi connectivity index (χ3n) is 4.73. The van der Waals surface area contributed by atoms with Crippen LogP contribution in [0.2, 0.25) is 0 Å². The standard InChI is InChI=1S/C21H21FN2O2S/c22-14-7-9-16(10-8-14)27-13-18-17-5-1-2-6-19(17)26-20(18)21(25)24-15-4-3-11-23-12-15/h1-2,5-10,15,23H,3-4,11-13H2,(H,24,25). The summed E-state index contributed by atoms with van der Waals surface area (Å²) in [4.78, 5) is 13.8. The summed E-state index contributed by atoms with van der Waals surface area (Å²) in [5.41, 5.74) is 1.58. The second-order valence-electron chi connectivity index (χ2n) is 6.67. The van der Waals surface area contributed by atoms with Gasteiger partial charge in [-0.15, -0.1) is 11.8 Å². The average Bonchev–Trinajstić information content (AvgIpc) is 3.07. The van der Waals surface area contributed by atoms with E-state index in [9.17, 15) is 9.18 Å². The summed E-state index contributed by atoms with van der Waals surface area (Å²) >= 11 is 1.56. The van der Waals surface area contributed by atoms with Crippen LogP contribution in [-0.4, -0.2) is 25.0 Å². The number of amides is 1. The highest BCUT2D eigenvalue weighted by atomic mass is 32.2. The van der Waals surface area contributed by atoms with Crippen molar-refractivity contribution in [2.24, 2.45) is 0 Å². The van der Waals surface area contributed by atoms with Crippen molar-refractivity contribution >= 4 is 28.6 Å². The number of fused-ring (bicyclic) bond motifs is 1. The van der Waals surface area contributed by atoms with Crippen LogP contribution in [0.4, 0.5) is 4.39 Å². The molecule has 140 valence electrons. The minimum atomic E-state index is -0.255. The second kappa shape index (κ2) is 8.15. The van der Waals surface area contributed by atoms with Crippen LogP contribution < -0.4 is 10.6 Å². The number of furan rings is 1. The Morgan fingerprint density at radius 3 is 2.81 bits per heavy atom. The molecular weight excluding hydrogens is 363 g/mol. The lowest BCUT2D eigenvalue weighted by Crippen LogP contribution is -2.45. The zero-order valence-electron chi connectivity index (χ0n) is 14.8. The first kappa shape index (κ1) is 18.1. The van der Waals surface area contributed by atoms with Crippen LogP contribution in [0.15, 0.2) is 57.8 Å². The number of nitrogens with one attached hydrogen (secondary N) is 2. The van der Waals surface area contributed by atoms with Crippen molar-refractivity contribution in [3.05, 3.63) is 65.7 Å². The molecule has 2 N–H and O–H groups in total. The molecule has 1 aliphatic rings. The third kappa shape index (κ3) is 4.17. The van der Waals surface area contributed by atoms with Crippen LogP contribution in [-0.2, 0) is 5.75 Å². The van der Waals surface area contributed by atoms with Gasteiger partial charge in [0, 0.05) is 34.2 Å². The van der Waals surface area contributed by atoms with Gasteiger partial charge >= 0.3 is 0 Å². The largest absolute Gasteiger partial charge is 0.451 e. The smallest absolute Gasteiger partial charge is 0.287 e. The van der Waals surface area contributed by atoms with E-state index in [0.29, 0.717) is 17.1 Å². The van der Waals surface area contributed by atoms with Crippen LogP contribution >= 0.6 is 11.8 Å². The molecule has 0 aliphatic carbocycles. The van der Waals surface area contributed by atoms with E-state index in [1.807, 2.05) is 24.3 Å². The Morgan fingerprint density at radius 2 is 2.04 bits per heavy atom. The van der Waals surface area contributed by atoms with Crippen molar-refractivity contribution in [2.45, 2.75) is 29.5 Å². The van der Waals surface area contributed by atoms with Gasteiger partial charge in [0.05, 0.1) is 0 Å². The molecule has 4 rings (SSSR count). The molecule has 27 heavy (non-hydrogen) atoms. The van der Waals surface area contributed by atoms with E-state index >= 15 is 0 Å². The number of carbonyl (C=O) groups excluding carboxylic acids is 1. The average molecular weight is 384 g/mol. The molecule has 2 heterocycles. The Kier molecular flexibility index (Phi) is 5.45. The number of hydrogen-bond acceptors (Lipinski definition) is 4. The predicted octanol–water partition coefficient (Wildman–Crippen LogP) is 4.35. The Balaban J connectivity index is 1.58. The summed E-state index contributed by atoms with van der Waals surface area (Å²) in [6, 6.07) is 14.2. The van der Waals surface area contributed by atoms with E-state index < -0.39 is 0 Å². The Hall–Kier alpha value is -2.31. The number of rotatable bonds is 5. The molecule has 4 nitrogen and oxygen atoms in total. The lowest BCUT2D eigenvalue weighted by Gasteiger charge is -2.23. The molecular formula is C21H21FN2O2S. The molecule has 1 aliphatic heterocycles. The van der Waals surface area contributed by atoms with Crippen LogP contribution in [0.3, 0.4) is 0 Å². The van der Waals surface area contributed by atoms with Gasteiger partial charge in [-0.05, 0) is 49.7 Å². The lowest BCUT2D eigenvalue weighted by atomic mass is 10.1. The highest BCUT2D eigenvalue weighted by Gasteiger charge is 2.23. The van der Waals surface area contributed by atoms with Gasteiger partial charge in [0.2, 0.25) is 0 Å². The molecule has 1 fully saturated rings. The van der Waals surface area contributed by atoms with Gasteiger partial charge in [0.15, 0.2) is 5.76 Å². The van der Waals surface area contributed by atoms with Gasteiger partial charge in [-0.25, -0.2) is 4.39 Å². The number of para-hydroxylation sites is 1. The molecule has 1 aromatic heterocycles. The number of benzene rings is 2. The molecule has 1 unspecified atom stereocenters. The lowest BCUT2D eigenvalue weighted by molar-refractivity contribution is 0.0904. The van der Waals surface area contributed by atoms with Crippen LogP contribution in [0.5, 0.6) is 0 Å². The quantitative estimate of drug-likeness (QED) is 0.643. The minimum Gasteiger partial charge on any atom is -0.451 e. The molecule has 0 spiro atoms. The summed E-state index contributed by atoms with van der Waals surface area (Å²) in [5, 5.41) is 7.34. The van der Waals surface area contributed by atoms with Crippen molar-refractivity contribution < 1.29 is 13.6 Å². The van der Waals surface area contributed by atoms with E-state index in [4.69, 9.17) is 4.42 Å². The van der Waals surface area contributed by atoms with Crippen molar-refractivity contribution in [3.63, 3.8) is 0 Å². The summed E-state index contributed by atoms with van der Waals surface area (Å²) in [6.45, 7) is 1.78. The molecule has 2 aromatic carbocycles. The number of halogens is 1. The first-order chi connectivity index (χ1) is 13.2. The Morgan fingerprint density at radius 1 is 1.22 bits per heavy atom.